The van der Waals surface area contributed by atoms with Gasteiger partial charge in [-0.25, -0.2) is 8.42 Å². The van der Waals surface area contributed by atoms with Crippen molar-refractivity contribution in [3.05, 3.63) is 59.7 Å². The molecule has 2 aromatic carbocycles. The lowest BCUT2D eigenvalue weighted by Crippen LogP contribution is -2.38. The SMILES string of the molecule is CS(=O)(=O)N[C@@H](c1ccc(CNCC2COc3ccccc3O2)cc1)C(F)(F)F. The maximum absolute atomic E-state index is 13.2. The molecule has 158 valence electrons. The highest BCUT2D eigenvalue weighted by Gasteiger charge is 2.42. The standard InChI is InChI=1S/C19H21F3N2O4S/c1-29(25,26)24-18(19(20,21)22)14-8-6-13(7-9-14)10-23-11-15-12-27-16-4-2-3-5-17(16)28-15/h2-9,15,18,23-24H,10-12H2,1H3/t15?,18-/m0/s1. The van der Waals surface area contributed by atoms with Gasteiger partial charge in [-0.15, -0.1) is 0 Å². The average molecular weight is 430 g/mol. The number of fused-ring (bicyclic) bond motifs is 1. The van der Waals surface area contributed by atoms with Crippen molar-refractivity contribution in [1.29, 1.82) is 0 Å². The van der Waals surface area contributed by atoms with Crippen molar-refractivity contribution >= 4 is 10.0 Å². The Labute approximate surface area is 167 Å². The number of benzene rings is 2. The van der Waals surface area contributed by atoms with Gasteiger partial charge in [0.25, 0.3) is 0 Å². The smallest absolute Gasteiger partial charge is 0.408 e. The van der Waals surface area contributed by atoms with Crippen LogP contribution in [-0.4, -0.2) is 40.1 Å². The van der Waals surface area contributed by atoms with Crippen LogP contribution in [0, 0.1) is 0 Å². The van der Waals surface area contributed by atoms with E-state index in [1.165, 1.54) is 24.3 Å². The van der Waals surface area contributed by atoms with E-state index in [1.54, 1.807) is 4.72 Å². The minimum Gasteiger partial charge on any atom is -0.486 e. The van der Waals surface area contributed by atoms with Gasteiger partial charge in [0.15, 0.2) is 11.5 Å². The lowest BCUT2D eigenvalue weighted by Gasteiger charge is -2.26. The third kappa shape index (κ3) is 6.09. The number of sulfonamides is 1. The first kappa shape index (κ1) is 21.4. The van der Waals surface area contributed by atoms with Crippen LogP contribution in [-0.2, 0) is 16.6 Å². The molecule has 1 aliphatic rings. The molecule has 1 heterocycles. The molecule has 0 aliphatic carbocycles. The van der Waals surface area contributed by atoms with Crippen molar-refractivity contribution in [2.24, 2.45) is 0 Å². The fraction of sp³-hybridized carbons (Fsp3) is 0.368. The zero-order valence-electron chi connectivity index (χ0n) is 15.6. The van der Waals surface area contributed by atoms with E-state index in [9.17, 15) is 21.6 Å². The van der Waals surface area contributed by atoms with Crippen molar-refractivity contribution in [3.63, 3.8) is 0 Å². The minimum atomic E-state index is -4.74. The van der Waals surface area contributed by atoms with Crippen LogP contribution in [0.2, 0.25) is 0 Å². The molecule has 2 aromatic rings. The second-order valence-electron chi connectivity index (χ2n) is 6.73. The number of nitrogens with one attached hydrogen (secondary N) is 2. The van der Waals surface area contributed by atoms with E-state index in [1.807, 2.05) is 24.3 Å². The van der Waals surface area contributed by atoms with Crippen LogP contribution in [0.1, 0.15) is 17.2 Å². The Bertz CT molecular complexity index is 933. The van der Waals surface area contributed by atoms with Crippen molar-refractivity contribution in [1.82, 2.24) is 10.0 Å². The lowest BCUT2D eigenvalue weighted by atomic mass is 10.1. The van der Waals surface area contributed by atoms with Gasteiger partial charge < -0.3 is 14.8 Å². The topological polar surface area (TPSA) is 76.7 Å². The molecule has 0 saturated carbocycles. The van der Waals surface area contributed by atoms with E-state index in [0.29, 0.717) is 37.5 Å². The van der Waals surface area contributed by atoms with Gasteiger partial charge in [-0.1, -0.05) is 36.4 Å². The summed E-state index contributed by atoms with van der Waals surface area (Å²) >= 11 is 0. The third-order valence-electron chi connectivity index (χ3n) is 4.24. The van der Waals surface area contributed by atoms with Crippen LogP contribution >= 0.6 is 0 Å². The predicted molar refractivity (Wildman–Crippen MR) is 101 cm³/mol. The number of hydrogen-bond donors (Lipinski definition) is 2. The molecule has 1 aliphatic heterocycles. The van der Waals surface area contributed by atoms with E-state index in [4.69, 9.17) is 9.47 Å². The Kier molecular flexibility index (Phi) is 6.35. The summed E-state index contributed by atoms with van der Waals surface area (Å²) in [4.78, 5) is 0. The molecule has 1 unspecified atom stereocenters. The molecule has 0 spiro atoms. The number of para-hydroxylation sites is 2. The van der Waals surface area contributed by atoms with Crippen LogP contribution < -0.4 is 19.5 Å². The third-order valence-corrected chi connectivity index (χ3v) is 4.90. The molecular formula is C19H21F3N2O4S. The molecule has 0 aromatic heterocycles. The first-order valence-electron chi connectivity index (χ1n) is 8.84. The van der Waals surface area contributed by atoms with Gasteiger partial charge in [-0.3, -0.25) is 0 Å². The molecule has 0 saturated heterocycles. The molecule has 0 fully saturated rings. The Morgan fingerprint density at radius 1 is 1.10 bits per heavy atom. The fourth-order valence-corrected chi connectivity index (χ4v) is 3.60. The summed E-state index contributed by atoms with van der Waals surface area (Å²) in [5, 5.41) is 3.18. The zero-order valence-corrected chi connectivity index (χ0v) is 16.4. The van der Waals surface area contributed by atoms with E-state index in [-0.39, 0.29) is 11.7 Å². The van der Waals surface area contributed by atoms with Crippen LogP contribution in [0.5, 0.6) is 11.5 Å². The normalized spacial score (nSPS) is 17.7. The van der Waals surface area contributed by atoms with Crippen LogP contribution in [0.3, 0.4) is 0 Å². The second kappa shape index (κ2) is 8.60. The second-order valence-corrected chi connectivity index (χ2v) is 8.51. The van der Waals surface area contributed by atoms with Crippen LogP contribution in [0.25, 0.3) is 0 Å². The van der Waals surface area contributed by atoms with Gasteiger partial charge in [0, 0.05) is 13.1 Å². The summed E-state index contributed by atoms with van der Waals surface area (Å²) in [5.74, 6) is 1.37. The van der Waals surface area contributed by atoms with E-state index < -0.39 is 22.2 Å². The maximum Gasteiger partial charge on any atom is 0.408 e. The average Bonchev–Trinajstić information content (AvgIpc) is 2.65. The monoisotopic (exact) mass is 430 g/mol. The highest BCUT2D eigenvalue weighted by Crippen LogP contribution is 2.33. The summed E-state index contributed by atoms with van der Waals surface area (Å²) in [6.45, 7) is 1.31. The Morgan fingerprint density at radius 3 is 2.38 bits per heavy atom. The molecule has 10 heteroatoms. The summed E-state index contributed by atoms with van der Waals surface area (Å²) in [7, 11) is -4.02. The largest absolute Gasteiger partial charge is 0.486 e. The molecule has 2 atom stereocenters. The molecule has 0 amide bonds. The fourth-order valence-electron chi connectivity index (χ4n) is 2.91. The summed E-state index contributed by atoms with van der Waals surface area (Å²) < 4.78 is 75.1. The van der Waals surface area contributed by atoms with Crippen molar-refractivity contribution in [2.45, 2.75) is 24.9 Å². The van der Waals surface area contributed by atoms with Gasteiger partial charge in [0.05, 0.1) is 6.26 Å². The number of ether oxygens (including phenoxy) is 2. The van der Waals surface area contributed by atoms with Gasteiger partial charge in [0.1, 0.15) is 18.8 Å². The van der Waals surface area contributed by atoms with E-state index in [0.717, 1.165) is 5.56 Å². The molecule has 0 bridgehead atoms. The highest BCUT2D eigenvalue weighted by atomic mass is 32.2. The molecule has 6 nitrogen and oxygen atoms in total. The van der Waals surface area contributed by atoms with Gasteiger partial charge in [0.2, 0.25) is 10.0 Å². The first-order valence-corrected chi connectivity index (χ1v) is 10.7. The quantitative estimate of drug-likeness (QED) is 0.707. The van der Waals surface area contributed by atoms with E-state index in [2.05, 4.69) is 5.32 Å². The van der Waals surface area contributed by atoms with Gasteiger partial charge in [-0.2, -0.15) is 17.9 Å². The molecule has 29 heavy (non-hydrogen) atoms. The van der Waals surface area contributed by atoms with Crippen LogP contribution in [0.4, 0.5) is 13.2 Å². The number of alkyl halides is 3. The van der Waals surface area contributed by atoms with Crippen LogP contribution in [0.15, 0.2) is 48.5 Å². The molecule has 2 N–H and O–H groups in total. The molecule has 3 rings (SSSR count). The minimum absolute atomic E-state index is 0.174. The molecular weight excluding hydrogens is 409 g/mol. The predicted octanol–water partition coefficient (Wildman–Crippen LogP) is 2.77. The lowest BCUT2D eigenvalue weighted by molar-refractivity contribution is -0.153. The van der Waals surface area contributed by atoms with Gasteiger partial charge in [-0.05, 0) is 23.3 Å². The Morgan fingerprint density at radius 2 is 1.76 bits per heavy atom. The Balaban J connectivity index is 1.55. The summed E-state index contributed by atoms with van der Waals surface area (Å²) in [6.07, 6.45) is -4.23. The summed E-state index contributed by atoms with van der Waals surface area (Å²) in [6, 6.07) is 10.7. The van der Waals surface area contributed by atoms with Crippen molar-refractivity contribution in [2.75, 3.05) is 19.4 Å². The number of hydrogen-bond acceptors (Lipinski definition) is 5. The maximum atomic E-state index is 13.2. The zero-order chi connectivity index (χ0) is 21.1. The first-order chi connectivity index (χ1) is 13.6. The van der Waals surface area contributed by atoms with E-state index >= 15 is 0 Å². The van der Waals surface area contributed by atoms with Gasteiger partial charge >= 0.3 is 6.18 Å². The molecule has 0 radical (unpaired) electrons. The highest BCUT2D eigenvalue weighted by molar-refractivity contribution is 7.88. The summed E-state index contributed by atoms with van der Waals surface area (Å²) in [5.41, 5.74) is 0.582. The number of rotatable bonds is 7. The number of halogens is 3. The van der Waals surface area contributed by atoms with Crippen molar-refractivity contribution in [3.8, 4) is 11.5 Å². The van der Waals surface area contributed by atoms with Crippen molar-refractivity contribution < 1.29 is 31.1 Å². The Hall–Kier alpha value is -2.30.